The lowest BCUT2D eigenvalue weighted by atomic mass is 9.88. The van der Waals surface area contributed by atoms with E-state index < -0.39 is 0 Å². The Morgan fingerprint density at radius 3 is 2.80 bits per heavy atom. The van der Waals surface area contributed by atoms with E-state index in [4.69, 9.17) is 0 Å². The molecule has 1 aliphatic carbocycles. The van der Waals surface area contributed by atoms with Crippen molar-refractivity contribution in [2.24, 2.45) is 0 Å². The highest BCUT2D eigenvalue weighted by Gasteiger charge is 2.23. The van der Waals surface area contributed by atoms with Crippen molar-refractivity contribution in [3.05, 3.63) is 77.4 Å². The average Bonchev–Trinajstić information content (AvgIpc) is 3.13. The lowest BCUT2D eigenvalue weighted by Gasteiger charge is -2.25. The van der Waals surface area contributed by atoms with Gasteiger partial charge in [0.1, 0.15) is 6.33 Å². The van der Waals surface area contributed by atoms with Gasteiger partial charge < -0.3 is 5.32 Å². The fraction of sp³-hybridized carbons (Fsp3) is 0.250. The van der Waals surface area contributed by atoms with Crippen LogP contribution in [0.1, 0.15) is 46.2 Å². The van der Waals surface area contributed by atoms with Crippen molar-refractivity contribution in [3.63, 3.8) is 0 Å². The zero-order chi connectivity index (χ0) is 17.2. The lowest BCUT2D eigenvalue weighted by molar-refractivity contribution is 0.0922. The molecule has 1 heterocycles. The van der Waals surface area contributed by atoms with Crippen LogP contribution in [0.3, 0.4) is 0 Å². The predicted octanol–water partition coefficient (Wildman–Crippen LogP) is 3.38. The maximum absolute atomic E-state index is 12.6. The number of aromatic nitrogens is 3. The van der Waals surface area contributed by atoms with E-state index in [1.807, 2.05) is 43.3 Å². The van der Waals surface area contributed by atoms with Gasteiger partial charge >= 0.3 is 0 Å². The van der Waals surface area contributed by atoms with Crippen molar-refractivity contribution < 1.29 is 4.79 Å². The SMILES string of the molecule is Cc1ccc(-n2cnc(C(=O)N[C@@H]3CCCc4ccccc43)n2)cc1. The molecule has 0 saturated carbocycles. The molecule has 1 amide bonds. The molecule has 0 radical (unpaired) electrons. The summed E-state index contributed by atoms with van der Waals surface area (Å²) in [6, 6.07) is 16.3. The monoisotopic (exact) mass is 332 g/mol. The van der Waals surface area contributed by atoms with Crippen LogP contribution in [0.5, 0.6) is 0 Å². The predicted molar refractivity (Wildman–Crippen MR) is 95.7 cm³/mol. The van der Waals surface area contributed by atoms with Gasteiger partial charge in [-0.25, -0.2) is 9.67 Å². The molecule has 4 rings (SSSR count). The zero-order valence-corrected chi connectivity index (χ0v) is 14.1. The molecule has 0 unspecified atom stereocenters. The molecular formula is C20H20N4O. The number of aryl methyl sites for hydroxylation is 2. The topological polar surface area (TPSA) is 59.8 Å². The minimum absolute atomic E-state index is 0.0313. The van der Waals surface area contributed by atoms with Gasteiger partial charge in [0.05, 0.1) is 11.7 Å². The van der Waals surface area contributed by atoms with Gasteiger partial charge in [-0.3, -0.25) is 4.79 Å². The van der Waals surface area contributed by atoms with Crippen molar-refractivity contribution >= 4 is 5.91 Å². The van der Waals surface area contributed by atoms with Crippen LogP contribution in [0.4, 0.5) is 0 Å². The Hall–Kier alpha value is -2.95. The number of nitrogens with zero attached hydrogens (tertiary/aromatic N) is 3. The summed E-state index contributed by atoms with van der Waals surface area (Å²) in [6.07, 6.45) is 4.67. The second kappa shape index (κ2) is 6.51. The summed E-state index contributed by atoms with van der Waals surface area (Å²) >= 11 is 0. The molecule has 126 valence electrons. The fourth-order valence-electron chi connectivity index (χ4n) is 3.32. The lowest BCUT2D eigenvalue weighted by Crippen LogP contribution is -2.31. The molecule has 0 aliphatic heterocycles. The van der Waals surface area contributed by atoms with E-state index in [1.165, 1.54) is 16.7 Å². The van der Waals surface area contributed by atoms with E-state index in [1.54, 1.807) is 11.0 Å². The van der Waals surface area contributed by atoms with Crippen LogP contribution in [-0.2, 0) is 6.42 Å². The number of hydrogen-bond acceptors (Lipinski definition) is 3. The second-order valence-corrected chi connectivity index (χ2v) is 6.47. The van der Waals surface area contributed by atoms with Crippen molar-refractivity contribution in [1.82, 2.24) is 20.1 Å². The second-order valence-electron chi connectivity index (χ2n) is 6.47. The number of carbonyl (C=O) groups excluding carboxylic acids is 1. The third kappa shape index (κ3) is 3.18. The standard InChI is InChI=1S/C20H20N4O/c1-14-9-11-16(12-10-14)24-13-21-19(23-24)20(25)22-18-8-4-6-15-5-2-3-7-17(15)18/h2-3,5,7,9-13,18H,4,6,8H2,1H3,(H,22,25)/t18-/m1/s1. The summed E-state index contributed by atoms with van der Waals surface area (Å²) in [4.78, 5) is 16.7. The third-order valence-electron chi connectivity index (χ3n) is 4.67. The number of carbonyl (C=O) groups is 1. The first kappa shape index (κ1) is 15.6. The number of hydrogen-bond donors (Lipinski definition) is 1. The number of nitrogens with one attached hydrogen (secondary N) is 1. The number of benzene rings is 2. The first-order valence-electron chi connectivity index (χ1n) is 8.58. The summed E-state index contributed by atoms with van der Waals surface area (Å²) in [5, 5.41) is 7.41. The summed E-state index contributed by atoms with van der Waals surface area (Å²) in [7, 11) is 0. The molecule has 5 nitrogen and oxygen atoms in total. The maximum Gasteiger partial charge on any atom is 0.291 e. The molecule has 0 bridgehead atoms. The highest BCUT2D eigenvalue weighted by molar-refractivity contribution is 5.90. The molecule has 2 aromatic carbocycles. The fourth-order valence-corrected chi connectivity index (χ4v) is 3.32. The van der Waals surface area contributed by atoms with Crippen LogP contribution in [0, 0.1) is 6.92 Å². The van der Waals surface area contributed by atoms with Gasteiger partial charge in [0.25, 0.3) is 5.91 Å². The number of fused-ring (bicyclic) bond motifs is 1. The molecule has 1 N–H and O–H groups in total. The molecule has 5 heteroatoms. The molecule has 1 aliphatic rings. The van der Waals surface area contributed by atoms with Crippen LogP contribution in [-0.4, -0.2) is 20.7 Å². The Morgan fingerprint density at radius 1 is 1.16 bits per heavy atom. The molecular weight excluding hydrogens is 312 g/mol. The first-order chi connectivity index (χ1) is 12.2. The molecule has 0 spiro atoms. The smallest absolute Gasteiger partial charge is 0.291 e. The molecule has 3 aromatic rings. The summed E-state index contributed by atoms with van der Waals surface area (Å²) < 4.78 is 1.63. The molecule has 1 aromatic heterocycles. The van der Waals surface area contributed by atoms with Gasteiger partial charge in [-0.1, -0.05) is 42.0 Å². The average molecular weight is 332 g/mol. The van der Waals surface area contributed by atoms with Crippen LogP contribution in [0.25, 0.3) is 5.69 Å². The maximum atomic E-state index is 12.6. The third-order valence-corrected chi connectivity index (χ3v) is 4.67. The van der Waals surface area contributed by atoms with Gasteiger partial charge in [0.2, 0.25) is 5.82 Å². The Labute approximate surface area is 146 Å². The van der Waals surface area contributed by atoms with Gasteiger partial charge in [0.15, 0.2) is 0 Å². The van der Waals surface area contributed by atoms with Crippen molar-refractivity contribution in [2.75, 3.05) is 0 Å². The van der Waals surface area contributed by atoms with Gasteiger partial charge in [-0.05, 0) is 49.4 Å². The van der Waals surface area contributed by atoms with Gasteiger partial charge in [-0.2, -0.15) is 0 Å². The van der Waals surface area contributed by atoms with E-state index in [2.05, 4.69) is 27.5 Å². The van der Waals surface area contributed by atoms with Crippen molar-refractivity contribution in [2.45, 2.75) is 32.2 Å². The summed E-state index contributed by atoms with van der Waals surface area (Å²) in [5.74, 6) is -0.0313. The largest absolute Gasteiger partial charge is 0.342 e. The first-order valence-corrected chi connectivity index (χ1v) is 8.58. The molecule has 1 atom stereocenters. The van der Waals surface area contributed by atoms with E-state index in [0.29, 0.717) is 0 Å². The minimum atomic E-state index is -0.229. The van der Waals surface area contributed by atoms with Crippen molar-refractivity contribution in [3.8, 4) is 5.69 Å². The normalized spacial score (nSPS) is 16.3. The Bertz CT molecular complexity index is 898. The van der Waals surface area contributed by atoms with Crippen LogP contribution in [0.2, 0.25) is 0 Å². The number of rotatable bonds is 3. The molecule has 25 heavy (non-hydrogen) atoms. The Kier molecular flexibility index (Phi) is 4.06. The highest BCUT2D eigenvalue weighted by Crippen LogP contribution is 2.29. The molecule has 0 fully saturated rings. The Morgan fingerprint density at radius 2 is 1.96 bits per heavy atom. The van der Waals surface area contributed by atoms with Crippen molar-refractivity contribution in [1.29, 1.82) is 0 Å². The van der Waals surface area contributed by atoms with E-state index in [-0.39, 0.29) is 17.8 Å². The highest BCUT2D eigenvalue weighted by atomic mass is 16.2. The van der Waals surface area contributed by atoms with Crippen LogP contribution < -0.4 is 5.32 Å². The summed E-state index contributed by atoms with van der Waals surface area (Å²) in [6.45, 7) is 2.03. The van der Waals surface area contributed by atoms with Crippen LogP contribution in [0.15, 0.2) is 54.9 Å². The number of amides is 1. The minimum Gasteiger partial charge on any atom is -0.342 e. The van der Waals surface area contributed by atoms with Crippen LogP contribution >= 0.6 is 0 Å². The zero-order valence-electron chi connectivity index (χ0n) is 14.1. The van der Waals surface area contributed by atoms with Gasteiger partial charge in [0, 0.05) is 0 Å². The van der Waals surface area contributed by atoms with E-state index in [9.17, 15) is 4.79 Å². The Balaban J connectivity index is 1.52. The molecule has 0 saturated heterocycles. The summed E-state index contributed by atoms with van der Waals surface area (Å²) in [5.41, 5.74) is 4.59. The van der Waals surface area contributed by atoms with E-state index >= 15 is 0 Å². The van der Waals surface area contributed by atoms with E-state index in [0.717, 1.165) is 24.9 Å². The quantitative estimate of drug-likeness (QED) is 0.800. The van der Waals surface area contributed by atoms with Gasteiger partial charge in [-0.15, -0.1) is 5.10 Å².